The van der Waals surface area contributed by atoms with Gasteiger partial charge in [-0.3, -0.25) is 0 Å². The van der Waals surface area contributed by atoms with Gasteiger partial charge >= 0.3 is 14.2 Å². The van der Waals surface area contributed by atoms with Gasteiger partial charge in [-0.2, -0.15) is 0 Å². The highest BCUT2D eigenvalue weighted by Gasteiger charge is 2.53. The minimum absolute atomic E-state index is 0.169. The van der Waals surface area contributed by atoms with Crippen molar-refractivity contribution in [2.75, 3.05) is 42.8 Å². The summed E-state index contributed by atoms with van der Waals surface area (Å²) in [5.41, 5.74) is 7.97. The number of halogens is 8. The van der Waals surface area contributed by atoms with Crippen LogP contribution >= 0.6 is 79.6 Å². The Hall–Kier alpha value is -4.60. The number of unbranched alkanes of at least 4 members (excludes halogenated alkanes) is 8. The van der Waals surface area contributed by atoms with Crippen molar-refractivity contribution in [1.29, 1.82) is 0 Å². The van der Waals surface area contributed by atoms with Crippen molar-refractivity contribution in [1.82, 2.24) is 0 Å². The molecule has 0 saturated carbocycles. The molecule has 0 bridgehead atoms. The van der Waals surface area contributed by atoms with Crippen molar-refractivity contribution in [3.63, 3.8) is 0 Å². The highest BCUT2D eigenvalue weighted by molar-refractivity contribution is 9.11. The lowest BCUT2D eigenvalue weighted by Crippen LogP contribution is -2.45. The van der Waals surface area contributed by atoms with E-state index < -0.39 is 48.3 Å². The van der Waals surface area contributed by atoms with E-state index in [4.69, 9.17) is 32.8 Å². The van der Waals surface area contributed by atoms with E-state index in [9.17, 15) is 13.2 Å². The van der Waals surface area contributed by atoms with Gasteiger partial charge in [0.25, 0.3) is 0 Å². The molecule has 11 rings (SSSR count). The molecule has 9 nitrogen and oxygen atoms in total. The summed E-state index contributed by atoms with van der Waals surface area (Å²) in [4.78, 5) is 3.87. The molecule has 19 heteroatoms. The molecule has 0 unspecified atom stereocenters. The van der Waals surface area contributed by atoms with Crippen molar-refractivity contribution in [2.45, 2.75) is 175 Å². The number of aryl methyl sites for hydroxylation is 1. The third kappa shape index (κ3) is 23.5. The maximum atomic E-state index is 14.0. The van der Waals surface area contributed by atoms with Crippen molar-refractivity contribution in [3.8, 4) is 0 Å². The van der Waals surface area contributed by atoms with E-state index in [2.05, 4.69) is 147 Å². The highest BCUT2D eigenvalue weighted by Crippen LogP contribution is 2.42. The Morgan fingerprint density at radius 3 is 1.13 bits per heavy atom. The predicted molar refractivity (Wildman–Crippen MR) is 425 cm³/mol. The van der Waals surface area contributed by atoms with Crippen LogP contribution in [0.5, 0.6) is 0 Å². The second kappa shape index (κ2) is 38.4. The maximum Gasteiger partial charge on any atom is 0.494 e. The normalized spacial score (nSPS) is 15.9. The summed E-state index contributed by atoms with van der Waals surface area (Å²) in [5, 5.41) is 0. The molecule has 100 heavy (non-hydrogen) atoms. The van der Waals surface area contributed by atoms with E-state index >= 15 is 0 Å². The molecular weight excluding hydrogens is 1590 g/mol. The van der Waals surface area contributed by atoms with Crippen LogP contribution in [-0.4, -0.2) is 69.7 Å². The van der Waals surface area contributed by atoms with Crippen molar-refractivity contribution in [3.05, 3.63) is 233 Å². The summed E-state index contributed by atoms with van der Waals surface area (Å²) >= 11 is 16.6. The number of anilines is 6. The molecule has 0 atom stereocenters. The third-order valence-electron chi connectivity index (χ3n) is 19.1. The Morgan fingerprint density at radius 2 is 0.740 bits per heavy atom. The van der Waals surface area contributed by atoms with E-state index in [0.29, 0.717) is 17.7 Å². The monoisotopic (exact) mass is 1680 g/mol. The molecule has 3 aliphatic heterocycles. The average molecular weight is 1690 g/mol. The third-order valence-corrected chi connectivity index (χ3v) is 21.9. The van der Waals surface area contributed by atoms with Gasteiger partial charge in [0, 0.05) is 65.0 Å². The van der Waals surface area contributed by atoms with Crippen LogP contribution in [-0.2, 0) is 45.9 Å². The van der Waals surface area contributed by atoms with Crippen LogP contribution in [0.4, 0.5) is 47.3 Å². The molecule has 0 amide bonds. The molecule has 0 aliphatic carbocycles. The molecule has 0 N–H and O–H groups in total. The molecule has 3 saturated heterocycles. The standard InChI is InChI=1S/C30H36B2FNO4.C19H29BrO3.C18H10Br3F2N.C14H21Br/c1-27(2)28(3,4)36-31(35-27)21-9-15-24(16-10-21)34(26-19-13-23(33)14-20-26)25-17-11-22(12-18-25)32-37-29(5,6)30(7,8)38-32;1-2-19(15-23-16-19)14-22-12-6-4-3-5-11-21-13-17-7-9-18(20)10-8-17;19-11-1-5-13(6-2-11)24(14-7-3-12(20)4-8-14)15-9-16(22)18(21)17(23)10-15;1-2-3-4-5-6-7-8-13-9-11-14(15)12-10-13/h9-20H,1-8H3;7-10H,2-6,11-16H2,1H3;1-10H;9-12H,2-8H2,1H3. The Labute approximate surface area is 636 Å². The first-order valence-corrected chi connectivity index (χ1v) is 38.8. The SMILES string of the molecule is CC1(C)OB(c2ccc(N(c3ccc(F)cc3)c3ccc(B4OC(C)(C)C(C)(C)O4)cc3)cc2)OC1(C)C.CCC1(COCCCCCCOCc2ccc(Br)cc2)COC1.CCCCCCCCc1ccc(Br)cc1.Fc1cc(N(c2ccc(Br)cc2)c2ccc(Br)cc2)cc(F)c1Br. The van der Waals surface area contributed by atoms with E-state index in [1.807, 2.05) is 152 Å². The van der Waals surface area contributed by atoms with Crippen LogP contribution in [0.2, 0.25) is 0 Å². The van der Waals surface area contributed by atoms with Crippen molar-refractivity contribution in [2.24, 2.45) is 5.41 Å². The van der Waals surface area contributed by atoms with Crippen molar-refractivity contribution < 1.29 is 46.0 Å². The van der Waals surface area contributed by atoms with Crippen molar-refractivity contribution >= 4 is 139 Å². The molecule has 3 aliphatic rings. The maximum absolute atomic E-state index is 14.0. The van der Waals surface area contributed by atoms with E-state index in [0.717, 1.165) is 105 Å². The van der Waals surface area contributed by atoms with Crippen LogP contribution in [0.3, 0.4) is 0 Å². The van der Waals surface area contributed by atoms with Crippen LogP contribution in [0.1, 0.15) is 151 Å². The fourth-order valence-corrected chi connectivity index (χ4v) is 12.5. The zero-order chi connectivity index (χ0) is 72.1. The first kappa shape index (κ1) is 81.1. The molecular formula is C81H96B2Br5F3N2O7. The number of nitrogens with zero attached hydrogens (tertiary/aromatic N) is 2. The average Bonchev–Trinajstić information content (AvgIpc) is 1.66. The van der Waals surface area contributed by atoms with Gasteiger partial charge in [0.2, 0.25) is 0 Å². The van der Waals surface area contributed by atoms with Gasteiger partial charge in [-0.15, -0.1) is 0 Å². The summed E-state index contributed by atoms with van der Waals surface area (Å²) in [6.07, 6.45) is 15.4. The highest BCUT2D eigenvalue weighted by atomic mass is 79.9. The summed E-state index contributed by atoms with van der Waals surface area (Å²) in [5.74, 6) is -1.57. The van der Waals surface area contributed by atoms with E-state index in [1.54, 1.807) is 17.0 Å². The number of rotatable bonds is 27. The number of benzene rings is 8. The minimum atomic E-state index is -0.649. The van der Waals surface area contributed by atoms with E-state index in [1.165, 1.54) is 97.7 Å². The Balaban J connectivity index is 0.000000179. The fourth-order valence-electron chi connectivity index (χ4n) is 11.2. The fraction of sp³-hybridized carbons (Fsp3) is 0.407. The second-order valence-electron chi connectivity index (χ2n) is 27.8. The zero-order valence-corrected chi connectivity index (χ0v) is 67.4. The molecule has 0 radical (unpaired) electrons. The first-order chi connectivity index (χ1) is 47.7. The topological polar surface area (TPSA) is 71.1 Å². The summed E-state index contributed by atoms with van der Waals surface area (Å²) in [6.45, 7) is 25.9. The summed E-state index contributed by atoms with van der Waals surface area (Å²) < 4.78 is 87.5. The van der Waals surface area contributed by atoms with Gasteiger partial charge in [0.1, 0.15) is 17.5 Å². The lowest BCUT2D eigenvalue weighted by molar-refractivity contribution is -0.150. The molecule has 0 aromatic heterocycles. The predicted octanol–water partition coefficient (Wildman–Crippen LogP) is 23.9. The summed E-state index contributed by atoms with van der Waals surface area (Å²) in [7, 11) is -0.875. The van der Waals surface area contributed by atoms with Crippen LogP contribution < -0.4 is 20.7 Å². The van der Waals surface area contributed by atoms with Gasteiger partial charge < -0.3 is 42.6 Å². The Kier molecular flexibility index (Phi) is 31.2. The van der Waals surface area contributed by atoms with Crippen LogP contribution in [0.25, 0.3) is 0 Å². The van der Waals surface area contributed by atoms with Crippen LogP contribution in [0, 0.1) is 22.9 Å². The summed E-state index contributed by atoms with van der Waals surface area (Å²) in [6, 6.07) is 57.4. The first-order valence-electron chi connectivity index (χ1n) is 34.9. The number of hydrogen-bond donors (Lipinski definition) is 0. The minimum Gasteiger partial charge on any atom is -0.399 e. The Morgan fingerprint density at radius 1 is 0.400 bits per heavy atom. The Bertz CT molecular complexity index is 3580. The van der Waals surface area contributed by atoms with Gasteiger partial charge in [-0.25, -0.2) is 13.2 Å². The zero-order valence-electron chi connectivity index (χ0n) is 59.5. The van der Waals surface area contributed by atoms with Gasteiger partial charge in [0.15, 0.2) is 0 Å². The van der Waals surface area contributed by atoms with E-state index in [-0.39, 0.29) is 10.3 Å². The lowest BCUT2D eigenvalue weighted by Gasteiger charge is -2.40. The van der Waals surface area contributed by atoms with Gasteiger partial charge in [-0.1, -0.05) is 171 Å². The molecule has 8 aromatic carbocycles. The molecule has 8 aromatic rings. The van der Waals surface area contributed by atoms with Gasteiger partial charge in [0.05, 0.1) is 59.0 Å². The smallest absolute Gasteiger partial charge is 0.399 e. The molecule has 0 spiro atoms. The molecule has 3 fully saturated rings. The molecule has 3 heterocycles. The largest absolute Gasteiger partial charge is 0.494 e. The quantitative estimate of drug-likeness (QED) is 0.0284. The number of ether oxygens (including phenoxy) is 3. The number of hydrogen-bond acceptors (Lipinski definition) is 9. The van der Waals surface area contributed by atoms with Gasteiger partial charge in [-0.05, 0) is 259 Å². The lowest BCUT2D eigenvalue weighted by atomic mass is 9.79. The molecule has 534 valence electrons. The van der Waals surface area contributed by atoms with Crippen LogP contribution in [0.15, 0.2) is 204 Å². The second-order valence-corrected chi connectivity index (χ2v) is 32.3.